The lowest BCUT2D eigenvalue weighted by atomic mass is 9.67. The summed E-state index contributed by atoms with van der Waals surface area (Å²) in [6.07, 6.45) is 2.87. The van der Waals surface area contributed by atoms with Crippen LogP contribution in [0.15, 0.2) is 0 Å². The number of ether oxygens (including phenoxy) is 3. The molecule has 2 aliphatic rings. The summed E-state index contributed by atoms with van der Waals surface area (Å²) in [5.74, 6) is -0.604. The highest BCUT2D eigenvalue weighted by Gasteiger charge is 2.58. The van der Waals surface area contributed by atoms with Crippen molar-refractivity contribution < 1.29 is 19.0 Å². The molecular formula is C19H35NO4. The second-order valence-electron chi connectivity index (χ2n) is 8.69. The highest BCUT2D eigenvalue weighted by atomic mass is 16.7. The van der Waals surface area contributed by atoms with Crippen molar-refractivity contribution in [3.63, 3.8) is 0 Å². The third kappa shape index (κ3) is 3.63. The molecule has 2 saturated heterocycles. The Morgan fingerprint density at radius 3 is 2.21 bits per heavy atom. The summed E-state index contributed by atoms with van der Waals surface area (Å²) in [6, 6.07) is 0. The maximum absolute atomic E-state index is 11.1. The highest BCUT2D eigenvalue weighted by molar-refractivity contribution is 5.65. The molecule has 2 heterocycles. The van der Waals surface area contributed by atoms with Gasteiger partial charge in [0.1, 0.15) is 6.61 Å². The van der Waals surface area contributed by atoms with Crippen LogP contribution < -0.4 is 5.32 Å². The van der Waals surface area contributed by atoms with Gasteiger partial charge in [-0.15, -0.1) is 0 Å². The van der Waals surface area contributed by atoms with Crippen LogP contribution in [0, 0.1) is 11.3 Å². The Hall–Kier alpha value is -0.650. The standard InChI is InChI=1S/C19H35NO4/c1-8-17(6)10-19(14(3)18(7,9-2)20-17)23-12-16(5,13-24-19)11-22-15(4)21/h14,20H,8-13H2,1-7H3. The maximum atomic E-state index is 11.1. The van der Waals surface area contributed by atoms with E-state index in [-0.39, 0.29) is 28.4 Å². The molecule has 0 aromatic rings. The third-order valence-corrected chi connectivity index (χ3v) is 6.31. The molecule has 0 saturated carbocycles. The molecule has 5 nitrogen and oxygen atoms in total. The Kier molecular flexibility index (Phi) is 5.39. The Morgan fingerprint density at radius 2 is 1.75 bits per heavy atom. The van der Waals surface area contributed by atoms with E-state index in [2.05, 4.69) is 39.9 Å². The molecular weight excluding hydrogens is 306 g/mol. The Labute approximate surface area is 146 Å². The average molecular weight is 341 g/mol. The van der Waals surface area contributed by atoms with E-state index < -0.39 is 5.79 Å². The van der Waals surface area contributed by atoms with Gasteiger partial charge in [0.2, 0.25) is 0 Å². The lowest BCUT2D eigenvalue weighted by Gasteiger charge is -2.60. The first-order valence-electron chi connectivity index (χ1n) is 9.23. The van der Waals surface area contributed by atoms with Gasteiger partial charge in [0, 0.05) is 35.8 Å². The molecule has 140 valence electrons. The van der Waals surface area contributed by atoms with Gasteiger partial charge in [-0.3, -0.25) is 4.79 Å². The zero-order valence-electron chi connectivity index (χ0n) is 16.5. The van der Waals surface area contributed by atoms with Crippen molar-refractivity contribution in [1.82, 2.24) is 5.32 Å². The minimum Gasteiger partial charge on any atom is -0.465 e. The van der Waals surface area contributed by atoms with Gasteiger partial charge < -0.3 is 19.5 Å². The SMILES string of the molecule is CCC1(C)CC2(OCC(C)(COC(C)=O)CO2)C(C)C(C)(CC)N1. The molecule has 24 heavy (non-hydrogen) atoms. The van der Waals surface area contributed by atoms with Crippen molar-refractivity contribution in [2.45, 2.75) is 84.6 Å². The number of hydrogen-bond donors (Lipinski definition) is 1. The van der Waals surface area contributed by atoms with E-state index in [4.69, 9.17) is 14.2 Å². The summed E-state index contributed by atoms with van der Waals surface area (Å²) in [7, 11) is 0. The molecule has 0 radical (unpaired) electrons. The second kappa shape index (κ2) is 6.58. The molecule has 0 aromatic heterocycles. The third-order valence-electron chi connectivity index (χ3n) is 6.31. The summed E-state index contributed by atoms with van der Waals surface area (Å²) in [4.78, 5) is 11.1. The molecule has 5 heteroatoms. The van der Waals surface area contributed by atoms with Crippen LogP contribution in [-0.4, -0.2) is 42.7 Å². The van der Waals surface area contributed by atoms with Crippen molar-refractivity contribution >= 4 is 5.97 Å². The van der Waals surface area contributed by atoms with E-state index in [1.54, 1.807) is 0 Å². The van der Waals surface area contributed by atoms with E-state index in [0.717, 1.165) is 19.3 Å². The first-order valence-corrected chi connectivity index (χ1v) is 9.23. The van der Waals surface area contributed by atoms with E-state index in [1.165, 1.54) is 6.92 Å². The van der Waals surface area contributed by atoms with Gasteiger partial charge in [-0.2, -0.15) is 0 Å². The van der Waals surface area contributed by atoms with Crippen molar-refractivity contribution in [2.24, 2.45) is 11.3 Å². The molecule has 0 aliphatic carbocycles. The summed E-state index contributed by atoms with van der Waals surface area (Å²) in [6.45, 7) is 16.1. The molecule has 2 rings (SSSR count). The summed E-state index contributed by atoms with van der Waals surface area (Å²) in [5, 5.41) is 3.86. The Morgan fingerprint density at radius 1 is 1.17 bits per heavy atom. The molecule has 0 amide bonds. The second-order valence-corrected chi connectivity index (χ2v) is 8.69. The van der Waals surface area contributed by atoms with Gasteiger partial charge in [0.05, 0.1) is 13.2 Å². The summed E-state index contributed by atoms with van der Waals surface area (Å²) in [5.41, 5.74) is -0.333. The molecule has 0 aromatic carbocycles. The highest BCUT2D eigenvalue weighted by Crippen LogP contribution is 2.49. The minimum atomic E-state index is -0.573. The van der Waals surface area contributed by atoms with Gasteiger partial charge in [-0.1, -0.05) is 27.7 Å². The van der Waals surface area contributed by atoms with Crippen molar-refractivity contribution in [3.8, 4) is 0 Å². The van der Waals surface area contributed by atoms with Crippen LogP contribution in [0.5, 0.6) is 0 Å². The van der Waals surface area contributed by atoms with Crippen LogP contribution in [0.3, 0.4) is 0 Å². The molecule has 2 fully saturated rings. The predicted octanol–water partition coefficient (Wildman–Crippen LogP) is 3.27. The average Bonchev–Trinajstić information content (AvgIpc) is 2.54. The fraction of sp³-hybridized carbons (Fsp3) is 0.947. The van der Waals surface area contributed by atoms with Gasteiger partial charge in [0.15, 0.2) is 5.79 Å². The summed E-state index contributed by atoms with van der Waals surface area (Å²) < 4.78 is 18.0. The molecule has 3 unspecified atom stereocenters. The van der Waals surface area contributed by atoms with Crippen LogP contribution in [0.1, 0.15) is 67.7 Å². The lowest BCUT2D eigenvalue weighted by Crippen LogP contribution is -2.73. The number of carbonyl (C=O) groups is 1. The minimum absolute atomic E-state index is 0.0130. The number of hydrogen-bond acceptors (Lipinski definition) is 5. The zero-order chi connectivity index (χ0) is 18.2. The molecule has 3 atom stereocenters. The Balaban J connectivity index is 2.18. The topological polar surface area (TPSA) is 56.8 Å². The molecule has 1 spiro atoms. The van der Waals surface area contributed by atoms with Gasteiger partial charge >= 0.3 is 5.97 Å². The predicted molar refractivity (Wildman–Crippen MR) is 93.7 cm³/mol. The first-order chi connectivity index (χ1) is 11.0. The first kappa shape index (κ1) is 19.7. The molecule has 2 aliphatic heterocycles. The van der Waals surface area contributed by atoms with Crippen molar-refractivity contribution in [1.29, 1.82) is 0 Å². The smallest absolute Gasteiger partial charge is 0.302 e. The van der Waals surface area contributed by atoms with Crippen LogP contribution in [0.4, 0.5) is 0 Å². The molecule has 0 bridgehead atoms. The van der Waals surface area contributed by atoms with Gasteiger partial charge in [-0.05, 0) is 26.7 Å². The van der Waals surface area contributed by atoms with Gasteiger partial charge in [-0.25, -0.2) is 0 Å². The van der Waals surface area contributed by atoms with E-state index >= 15 is 0 Å². The van der Waals surface area contributed by atoms with Crippen molar-refractivity contribution in [2.75, 3.05) is 19.8 Å². The zero-order valence-corrected chi connectivity index (χ0v) is 16.5. The monoisotopic (exact) mass is 341 g/mol. The van der Waals surface area contributed by atoms with Crippen LogP contribution in [0.25, 0.3) is 0 Å². The van der Waals surface area contributed by atoms with E-state index in [0.29, 0.717) is 19.8 Å². The van der Waals surface area contributed by atoms with E-state index in [9.17, 15) is 4.79 Å². The number of carbonyl (C=O) groups excluding carboxylic acids is 1. The fourth-order valence-corrected chi connectivity index (χ4v) is 4.02. The number of esters is 1. The van der Waals surface area contributed by atoms with Gasteiger partial charge in [0.25, 0.3) is 0 Å². The lowest BCUT2D eigenvalue weighted by molar-refractivity contribution is -0.353. The molecule has 1 N–H and O–H groups in total. The number of piperidine rings is 1. The quantitative estimate of drug-likeness (QED) is 0.795. The van der Waals surface area contributed by atoms with Crippen LogP contribution in [-0.2, 0) is 19.0 Å². The normalized spacial score (nSPS) is 46.0. The number of nitrogens with one attached hydrogen (secondary N) is 1. The largest absolute Gasteiger partial charge is 0.465 e. The fourth-order valence-electron chi connectivity index (χ4n) is 4.02. The number of rotatable bonds is 4. The summed E-state index contributed by atoms with van der Waals surface area (Å²) >= 11 is 0. The van der Waals surface area contributed by atoms with E-state index in [1.807, 2.05) is 6.92 Å². The van der Waals surface area contributed by atoms with Crippen LogP contribution >= 0.6 is 0 Å². The van der Waals surface area contributed by atoms with Crippen molar-refractivity contribution in [3.05, 3.63) is 0 Å². The van der Waals surface area contributed by atoms with Crippen LogP contribution in [0.2, 0.25) is 0 Å². The maximum Gasteiger partial charge on any atom is 0.302 e. The Bertz CT molecular complexity index is 472.